The third-order valence-corrected chi connectivity index (χ3v) is 2.93. The fraction of sp³-hybridized carbons (Fsp3) is 0.900. The molecule has 1 saturated carbocycles. The van der Waals surface area contributed by atoms with Gasteiger partial charge >= 0.3 is 0 Å². The van der Waals surface area contributed by atoms with E-state index in [-0.39, 0.29) is 17.6 Å². The molecule has 0 heterocycles. The number of carbonyl (C=O) groups excluding carboxylic acids is 1. The van der Waals surface area contributed by atoms with Gasteiger partial charge in [0.25, 0.3) is 0 Å². The number of carbonyl (C=O) groups is 1. The van der Waals surface area contributed by atoms with Crippen LogP contribution in [0.4, 0.5) is 0 Å². The van der Waals surface area contributed by atoms with Crippen molar-refractivity contribution in [2.45, 2.75) is 39.7 Å². The fourth-order valence-electron chi connectivity index (χ4n) is 1.90. The lowest BCUT2D eigenvalue weighted by Crippen LogP contribution is -2.40. The minimum atomic E-state index is -0.703. The maximum Gasteiger partial charge on any atom is 0.164 e. The summed E-state index contributed by atoms with van der Waals surface area (Å²) in [4.78, 5) is 11.5. The molecule has 0 aliphatic heterocycles. The first-order chi connectivity index (χ1) is 5.54. The summed E-state index contributed by atoms with van der Waals surface area (Å²) >= 11 is 0. The van der Waals surface area contributed by atoms with Crippen molar-refractivity contribution in [2.24, 2.45) is 17.8 Å². The lowest BCUT2D eigenvalue weighted by Gasteiger charge is -2.31. The molecule has 3 unspecified atom stereocenters. The van der Waals surface area contributed by atoms with Crippen LogP contribution in [0.15, 0.2) is 0 Å². The summed E-state index contributed by atoms with van der Waals surface area (Å²) in [5, 5.41) is 9.52. The SMILES string of the molecule is CC(C)C1CCC(C)C(O)C1=O. The van der Waals surface area contributed by atoms with E-state index in [2.05, 4.69) is 0 Å². The molecule has 0 aromatic heterocycles. The van der Waals surface area contributed by atoms with Crippen molar-refractivity contribution in [3.8, 4) is 0 Å². The van der Waals surface area contributed by atoms with E-state index >= 15 is 0 Å². The Morgan fingerprint density at radius 2 is 2.00 bits per heavy atom. The molecule has 0 bridgehead atoms. The third kappa shape index (κ3) is 1.69. The quantitative estimate of drug-likeness (QED) is 0.649. The molecule has 12 heavy (non-hydrogen) atoms. The van der Waals surface area contributed by atoms with E-state index in [4.69, 9.17) is 0 Å². The molecule has 1 aliphatic carbocycles. The van der Waals surface area contributed by atoms with Crippen LogP contribution in [0.25, 0.3) is 0 Å². The van der Waals surface area contributed by atoms with Gasteiger partial charge in [0.05, 0.1) is 0 Å². The van der Waals surface area contributed by atoms with Crippen LogP contribution in [-0.4, -0.2) is 17.0 Å². The average Bonchev–Trinajstić information content (AvgIpc) is 2.00. The fourth-order valence-corrected chi connectivity index (χ4v) is 1.90. The highest BCUT2D eigenvalue weighted by atomic mass is 16.3. The van der Waals surface area contributed by atoms with Crippen molar-refractivity contribution in [3.05, 3.63) is 0 Å². The summed E-state index contributed by atoms with van der Waals surface area (Å²) in [6.07, 6.45) is 1.23. The minimum absolute atomic E-state index is 0.0590. The Labute approximate surface area is 74.0 Å². The molecule has 1 fully saturated rings. The van der Waals surface area contributed by atoms with E-state index in [1.165, 1.54) is 0 Å². The molecule has 0 aromatic carbocycles. The van der Waals surface area contributed by atoms with E-state index in [1.54, 1.807) is 0 Å². The number of ketones is 1. The van der Waals surface area contributed by atoms with Gasteiger partial charge in [-0.05, 0) is 24.7 Å². The summed E-state index contributed by atoms with van der Waals surface area (Å²) in [7, 11) is 0. The normalized spacial score (nSPS) is 37.4. The largest absolute Gasteiger partial charge is 0.385 e. The Kier molecular flexibility index (Phi) is 2.89. The highest BCUT2D eigenvalue weighted by molar-refractivity contribution is 5.86. The van der Waals surface area contributed by atoms with Gasteiger partial charge in [-0.15, -0.1) is 0 Å². The first-order valence-corrected chi connectivity index (χ1v) is 4.75. The smallest absolute Gasteiger partial charge is 0.164 e. The number of aliphatic hydroxyl groups is 1. The molecule has 1 N–H and O–H groups in total. The zero-order chi connectivity index (χ0) is 9.30. The van der Waals surface area contributed by atoms with Crippen LogP contribution in [0.5, 0.6) is 0 Å². The number of rotatable bonds is 1. The molecule has 2 heteroatoms. The molecule has 70 valence electrons. The van der Waals surface area contributed by atoms with Gasteiger partial charge < -0.3 is 5.11 Å². The Morgan fingerprint density at radius 3 is 2.50 bits per heavy atom. The van der Waals surface area contributed by atoms with Gasteiger partial charge in [-0.1, -0.05) is 20.8 Å². The molecule has 2 nitrogen and oxygen atoms in total. The van der Waals surface area contributed by atoms with Crippen LogP contribution in [0.1, 0.15) is 33.6 Å². The van der Waals surface area contributed by atoms with Crippen LogP contribution in [0, 0.1) is 17.8 Å². The summed E-state index contributed by atoms with van der Waals surface area (Å²) in [5.74, 6) is 0.687. The zero-order valence-corrected chi connectivity index (χ0v) is 8.08. The Balaban J connectivity index is 2.65. The second-order valence-corrected chi connectivity index (χ2v) is 4.25. The van der Waals surface area contributed by atoms with Gasteiger partial charge in [0.1, 0.15) is 6.10 Å². The predicted octanol–water partition coefficient (Wildman–Crippen LogP) is 1.62. The summed E-state index contributed by atoms with van der Waals surface area (Å²) < 4.78 is 0. The van der Waals surface area contributed by atoms with Crippen LogP contribution in [0.2, 0.25) is 0 Å². The lowest BCUT2D eigenvalue weighted by molar-refractivity contribution is -0.138. The molecule has 0 radical (unpaired) electrons. The molecule has 1 rings (SSSR count). The average molecular weight is 170 g/mol. The Hall–Kier alpha value is -0.370. The number of hydrogen-bond donors (Lipinski definition) is 1. The maximum atomic E-state index is 11.5. The van der Waals surface area contributed by atoms with E-state index < -0.39 is 6.10 Å². The summed E-state index contributed by atoms with van der Waals surface area (Å²) in [6, 6.07) is 0. The molecule has 0 saturated heterocycles. The highest BCUT2D eigenvalue weighted by Gasteiger charge is 2.35. The van der Waals surface area contributed by atoms with Crippen molar-refractivity contribution in [3.63, 3.8) is 0 Å². The Morgan fingerprint density at radius 1 is 1.42 bits per heavy atom. The van der Waals surface area contributed by atoms with Crippen LogP contribution in [0.3, 0.4) is 0 Å². The number of aliphatic hydroxyl groups excluding tert-OH is 1. The van der Waals surface area contributed by atoms with E-state index in [9.17, 15) is 9.90 Å². The van der Waals surface area contributed by atoms with Crippen molar-refractivity contribution >= 4 is 5.78 Å². The molecule has 0 aromatic rings. The zero-order valence-electron chi connectivity index (χ0n) is 8.08. The van der Waals surface area contributed by atoms with Crippen molar-refractivity contribution in [1.29, 1.82) is 0 Å². The van der Waals surface area contributed by atoms with Gasteiger partial charge in [0, 0.05) is 5.92 Å². The van der Waals surface area contributed by atoms with E-state index in [0.29, 0.717) is 5.92 Å². The van der Waals surface area contributed by atoms with Gasteiger partial charge in [0.2, 0.25) is 0 Å². The third-order valence-electron chi connectivity index (χ3n) is 2.93. The van der Waals surface area contributed by atoms with Crippen molar-refractivity contribution < 1.29 is 9.90 Å². The van der Waals surface area contributed by atoms with Gasteiger partial charge in [0.15, 0.2) is 5.78 Å². The number of hydrogen-bond acceptors (Lipinski definition) is 2. The van der Waals surface area contributed by atoms with Gasteiger partial charge in [-0.2, -0.15) is 0 Å². The predicted molar refractivity (Wildman–Crippen MR) is 47.7 cm³/mol. The van der Waals surface area contributed by atoms with Crippen molar-refractivity contribution in [2.75, 3.05) is 0 Å². The Bertz CT molecular complexity index is 175. The first kappa shape index (κ1) is 9.72. The molecule has 3 atom stereocenters. The minimum Gasteiger partial charge on any atom is -0.385 e. The molecule has 1 aliphatic rings. The topological polar surface area (TPSA) is 37.3 Å². The number of Topliss-reactive ketones (excluding diaryl/α,β-unsaturated/α-hetero) is 1. The van der Waals surface area contributed by atoms with Crippen LogP contribution in [-0.2, 0) is 4.79 Å². The second kappa shape index (κ2) is 3.56. The molecule has 0 spiro atoms. The van der Waals surface area contributed by atoms with Crippen LogP contribution >= 0.6 is 0 Å². The molecular weight excluding hydrogens is 152 g/mol. The monoisotopic (exact) mass is 170 g/mol. The van der Waals surface area contributed by atoms with Crippen molar-refractivity contribution in [1.82, 2.24) is 0 Å². The second-order valence-electron chi connectivity index (χ2n) is 4.25. The standard InChI is InChI=1S/C10H18O2/c1-6(2)8-5-4-7(3)9(11)10(8)12/h6-9,11H,4-5H2,1-3H3. The van der Waals surface area contributed by atoms with Crippen LogP contribution < -0.4 is 0 Å². The first-order valence-electron chi connectivity index (χ1n) is 4.75. The van der Waals surface area contributed by atoms with E-state index in [1.807, 2.05) is 20.8 Å². The highest BCUT2D eigenvalue weighted by Crippen LogP contribution is 2.30. The summed E-state index contributed by atoms with van der Waals surface area (Å²) in [6.45, 7) is 6.04. The molecule has 0 amide bonds. The van der Waals surface area contributed by atoms with E-state index in [0.717, 1.165) is 12.8 Å². The summed E-state index contributed by atoms with van der Waals surface area (Å²) in [5.41, 5.74) is 0. The maximum absolute atomic E-state index is 11.5. The van der Waals surface area contributed by atoms with Gasteiger partial charge in [-0.25, -0.2) is 0 Å². The molecular formula is C10H18O2. The lowest BCUT2D eigenvalue weighted by atomic mass is 9.75. The van der Waals surface area contributed by atoms with Gasteiger partial charge in [-0.3, -0.25) is 4.79 Å².